The molecule has 2 aliphatic rings. The number of aromatic nitrogens is 4. The highest BCUT2D eigenvalue weighted by molar-refractivity contribution is 6.30. The first kappa shape index (κ1) is 27.1. The summed E-state index contributed by atoms with van der Waals surface area (Å²) in [5.74, 6) is 1.52. The molecule has 0 saturated carbocycles. The molecule has 4 unspecified atom stereocenters. The van der Waals surface area contributed by atoms with Crippen LogP contribution in [0.15, 0.2) is 24.4 Å². The Morgan fingerprint density at radius 2 is 2.00 bits per heavy atom. The second kappa shape index (κ2) is 11.2. The summed E-state index contributed by atoms with van der Waals surface area (Å²) in [7, 11) is 0. The molecule has 5 rings (SSSR count). The molecule has 2 aromatic heterocycles. The van der Waals surface area contributed by atoms with Crippen molar-refractivity contribution in [2.75, 3.05) is 31.1 Å². The summed E-state index contributed by atoms with van der Waals surface area (Å²) >= 11 is 6.20. The highest BCUT2D eigenvalue weighted by Crippen LogP contribution is 2.33. The molecule has 0 aliphatic carbocycles. The fourth-order valence-corrected chi connectivity index (χ4v) is 6.56. The summed E-state index contributed by atoms with van der Waals surface area (Å²) in [4.78, 5) is 15.1. The van der Waals surface area contributed by atoms with Crippen molar-refractivity contribution in [1.82, 2.24) is 24.6 Å². The van der Waals surface area contributed by atoms with E-state index in [0.29, 0.717) is 18.0 Å². The lowest BCUT2D eigenvalue weighted by molar-refractivity contribution is 0.112. The number of fused-ring (bicyclic) bond motifs is 1. The Kier molecular flexibility index (Phi) is 8.45. The molecular weight excluding hydrogens is 493 g/mol. The van der Waals surface area contributed by atoms with E-state index < -0.39 is 0 Å². The van der Waals surface area contributed by atoms with E-state index in [-0.39, 0.29) is 18.4 Å². The van der Waals surface area contributed by atoms with Crippen LogP contribution in [-0.2, 0) is 0 Å². The zero-order valence-electron chi connectivity index (χ0n) is 21.8. The summed E-state index contributed by atoms with van der Waals surface area (Å²) in [6, 6.07) is 7.36. The summed E-state index contributed by atoms with van der Waals surface area (Å²) < 4.78 is 2.02. The molecule has 7 nitrogen and oxygen atoms in total. The van der Waals surface area contributed by atoms with Crippen LogP contribution in [0.1, 0.15) is 62.4 Å². The lowest BCUT2D eigenvalue weighted by Gasteiger charge is -2.43. The second-order valence-electron chi connectivity index (χ2n) is 10.5. The van der Waals surface area contributed by atoms with Crippen molar-refractivity contribution < 1.29 is 0 Å². The number of nitrogens with two attached hydrogens (primary N) is 1. The first-order valence-corrected chi connectivity index (χ1v) is 13.4. The lowest BCUT2D eigenvalue weighted by Crippen LogP contribution is -2.52. The predicted octanol–water partition coefficient (Wildman–Crippen LogP) is 5.16. The Bertz CT molecular complexity index is 1200. The van der Waals surface area contributed by atoms with Gasteiger partial charge in [0.1, 0.15) is 11.3 Å². The van der Waals surface area contributed by atoms with Crippen LogP contribution in [-0.4, -0.2) is 62.9 Å². The molecule has 36 heavy (non-hydrogen) atoms. The Morgan fingerprint density at radius 1 is 1.19 bits per heavy atom. The van der Waals surface area contributed by atoms with Crippen molar-refractivity contribution in [3.8, 4) is 0 Å². The molecule has 4 atom stereocenters. The Labute approximate surface area is 225 Å². The highest BCUT2D eigenvalue weighted by atomic mass is 35.5. The maximum atomic E-state index is 6.20. The smallest absolute Gasteiger partial charge is 0.179 e. The van der Waals surface area contributed by atoms with Gasteiger partial charge in [0.05, 0.1) is 17.9 Å². The van der Waals surface area contributed by atoms with E-state index in [9.17, 15) is 0 Å². The Balaban J connectivity index is 0.00000304. The van der Waals surface area contributed by atoms with Gasteiger partial charge >= 0.3 is 0 Å². The minimum atomic E-state index is 0. The van der Waals surface area contributed by atoms with Crippen LogP contribution in [0.5, 0.6) is 0 Å². The molecule has 2 fully saturated rings. The quantitative estimate of drug-likeness (QED) is 0.473. The topological polar surface area (TPSA) is 76.1 Å². The molecule has 9 heteroatoms. The van der Waals surface area contributed by atoms with Crippen molar-refractivity contribution in [2.24, 2.45) is 11.7 Å². The third-order valence-corrected chi connectivity index (χ3v) is 8.38. The number of hydrogen-bond donors (Lipinski definition) is 1. The molecule has 0 bridgehead atoms. The number of halogens is 2. The van der Waals surface area contributed by atoms with E-state index in [0.717, 1.165) is 65.7 Å². The largest absolute Gasteiger partial charge is 0.355 e. The highest BCUT2D eigenvalue weighted by Gasteiger charge is 2.36. The number of aryl methyl sites for hydroxylation is 2. The van der Waals surface area contributed by atoms with Crippen molar-refractivity contribution >= 4 is 41.0 Å². The summed E-state index contributed by atoms with van der Waals surface area (Å²) in [6.07, 6.45) is 6.79. The van der Waals surface area contributed by atoms with Crippen LogP contribution < -0.4 is 10.6 Å². The third kappa shape index (κ3) is 5.08. The number of hydrogen-bond acceptors (Lipinski definition) is 6. The third-order valence-electron chi connectivity index (χ3n) is 8.14. The first-order chi connectivity index (χ1) is 16.9. The molecule has 2 N–H and O–H groups in total. The molecule has 0 spiro atoms. The second-order valence-corrected chi connectivity index (χ2v) is 10.9. The van der Waals surface area contributed by atoms with E-state index in [1.807, 2.05) is 29.9 Å². The number of likely N-dealkylation sites (tertiary alicyclic amines) is 1. The average molecular weight is 533 g/mol. The van der Waals surface area contributed by atoms with Gasteiger partial charge < -0.3 is 10.6 Å². The van der Waals surface area contributed by atoms with E-state index in [1.165, 1.54) is 24.9 Å². The van der Waals surface area contributed by atoms with Gasteiger partial charge in [0.25, 0.3) is 0 Å². The summed E-state index contributed by atoms with van der Waals surface area (Å²) in [5, 5.41) is 5.60. The van der Waals surface area contributed by atoms with Gasteiger partial charge in [0, 0.05) is 30.2 Å². The van der Waals surface area contributed by atoms with E-state index >= 15 is 0 Å². The van der Waals surface area contributed by atoms with Gasteiger partial charge in [-0.25, -0.2) is 14.6 Å². The maximum Gasteiger partial charge on any atom is 0.179 e. The molecule has 196 valence electrons. The van der Waals surface area contributed by atoms with Gasteiger partial charge in [-0.3, -0.25) is 4.90 Å². The monoisotopic (exact) mass is 531 g/mol. The van der Waals surface area contributed by atoms with E-state index in [1.54, 1.807) is 0 Å². The standard InChI is InChI=1S/C27H38ClN7.ClH/c1-17-14-21(28)7-8-23(17)20(4)35-27-26(19(3)32-35)30-15-25(31-27)33-13-10-24(18(2)16-33)34-12-5-6-22(34)9-11-29;/h7-8,14-15,18,20,22,24H,5-6,9-13,16,29H2,1-4H3;1H. The van der Waals surface area contributed by atoms with Crippen LogP contribution in [0.2, 0.25) is 5.02 Å². The molecule has 2 saturated heterocycles. The zero-order chi connectivity index (χ0) is 24.7. The van der Waals surface area contributed by atoms with Gasteiger partial charge in [0.15, 0.2) is 5.65 Å². The normalized spacial score (nSPS) is 23.7. The fraction of sp³-hybridized carbons (Fsp3) is 0.593. The molecule has 4 heterocycles. The number of anilines is 1. The van der Waals surface area contributed by atoms with Crippen molar-refractivity contribution in [2.45, 2.75) is 71.5 Å². The molecule has 1 aromatic carbocycles. The van der Waals surface area contributed by atoms with Gasteiger partial charge in [-0.15, -0.1) is 12.4 Å². The molecule has 0 radical (unpaired) electrons. The van der Waals surface area contributed by atoms with Crippen LogP contribution in [0.25, 0.3) is 11.2 Å². The van der Waals surface area contributed by atoms with Gasteiger partial charge in [-0.05, 0) is 88.7 Å². The molecular formula is C27H39Cl2N7. The lowest BCUT2D eigenvalue weighted by atomic mass is 9.91. The summed E-state index contributed by atoms with van der Waals surface area (Å²) in [6.45, 7) is 12.7. The van der Waals surface area contributed by atoms with E-state index in [2.05, 4.69) is 36.6 Å². The fourth-order valence-electron chi connectivity index (χ4n) is 6.33. The molecule has 0 amide bonds. The maximum absolute atomic E-state index is 6.20. The minimum Gasteiger partial charge on any atom is -0.355 e. The van der Waals surface area contributed by atoms with Crippen molar-refractivity contribution in [3.63, 3.8) is 0 Å². The van der Waals surface area contributed by atoms with Gasteiger partial charge in [-0.1, -0.05) is 24.6 Å². The van der Waals surface area contributed by atoms with Crippen LogP contribution >= 0.6 is 24.0 Å². The van der Waals surface area contributed by atoms with Crippen LogP contribution in [0.3, 0.4) is 0 Å². The predicted molar refractivity (Wildman–Crippen MR) is 150 cm³/mol. The van der Waals surface area contributed by atoms with Crippen LogP contribution in [0.4, 0.5) is 5.82 Å². The van der Waals surface area contributed by atoms with Gasteiger partial charge in [0.2, 0.25) is 0 Å². The SMILES string of the molecule is Cc1cc(Cl)ccc1C(C)n1nc(C)c2ncc(N3CCC(N4CCCC4CCN)C(C)C3)nc21.Cl. The van der Waals surface area contributed by atoms with Gasteiger partial charge in [-0.2, -0.15) is 5.10 Å². The average Bonchev–Trinajstić information content (AvgIpc) is 3.43. The number of rotatable bonds is 6. The summed E-state index contributed by atoms with van der Waals surface area (Å²) in [5.41, 5.74) is 10.9. The first-order valence-electron chi connectivity index (χ1n) is 13.1. The Morgan fingerprint density at radius 3 is 2.72 bits per heavy atom. The molecule has 2 aliphatic heterocycles. The Hall–Kier alpha value is -1.93. The zero-order valence-corrected chi connectivity index (χ0v) is 23.4. The number of benzene rings is 1. The van der Waals surface area contributed by atoms with E-state index in [4.69, 9.17) is 32.4 Å². The van der Waals surface area contributed by atoms with Crippen molar-refractivity contribution in [1.29, 1.82) is 0 Å². The van der Waals surface area contributed by atoms with Crippen LogP contribution in [0, 0.1) is 19.8 Å². The molecule has 3 aromatic rings. The van der Waals surface area contributed by atoms with Crippen molar-refractivity contribution in [3.05, 3.63) is 46.2 Å². The number of nitrogens with zero attached hydrogens (tertiary/aromatic N) is 6. The minimum absolute atomic E-state index is 0. The number of piperidine rings is 1.